The van der Waals surface area contributed by atoms with Gasteiger partial charge in [-0.2, -0.15) is 0 Å². The molecule has 3 rings (SSSR count). The van der Waals surface area contributed by atoms with Gasteiger partial charge in [0.15, 0.2) is 0 Å². The van der Waals surface area contributed by atoms with Crippen molar-refractivity contribution in [2.45, 2.75) is 26.3 Å². The van der Waals surface area contributed by atoms with E-state index in [0.717, 1.165) is 11.3 Å². The number of benzene rings is 1. The van der Waals surface area contributed by atoms with E-state index in [1.54, 1.807) is 24.7 Å². The molecule has 0 bridgehead atoms. The van der Waals surface area contributed by atoms with Gasteiger partial charge in [-0.1, -0.05) is 30.3 Å². The van der Waals surface area contributed by atoms with Gasteiger partial charge in [-0.25, -0.2) is 4.79 Å². The maximum absolute atomic E-state index is 13.4. The number of fused-ring (bicyclic) bond motifs is 1. The van der Waals surface area contributed by atoms with Gasteiger partial charge in [0.1, 0.15) is 11.3 Å². The Balaban J connectivity index is 2.25. The van der Waals surface area contributed by atoms with Gasteiger partial charge in [-0.3, -0.25) is 4.79 Å². The van der Waals surface area contributed by atoms with Gasteiger partial charge in [-0.05, 0) is 19.4 Å². The number of ether oxygens (including phenoxy) is 3. The summed E-state index contributed by atoms with van der Waals surface area (Å²) in [6.07, 6.45) is 0. The molecule has 0 aliphatic carbocycles. The van der Waals surface area contributed by atoms with E-state index in [1.807, 2.05) is 37.3 Å². The summed E-state index contributed by atoms with van der Waals surface area (Å²) in [5, 5.41) is 0. The molecular weight excluding hydrogens is 360 g/mol. The number of carbonyl (C=O) groups excluding carboxylic acids is 1. The summed E-state index contributed by atoms with van der Waals surface area (Å²) in [6, 6.07) is 11.0. The van der Waals surface area contributed by atoms with Crippen molar-refractivity contribution >= 4 is 5.97 Å². The van der Waals surface area contributed by atoms with Crippen LogP contribution in [-0.2, 0) is 20.8 Å². The summed E-state index contributed by atoms with van der Waals surface area (Å²) in [5.74, 6) is -0.961. The highest BCUT2D eigenvalue weighted by molar-refractivity contribution is 5.92. The fourth-order valence-corrected chi connectivity index (χ4v) is 3.43. The van der Waals surface area contributed by atoms with Crippen molar-refractivity contribution in [3.8, 4) is 5.75 Å². The standard InChI is InChI=1S/C21H24N2O5/c1-4-27-21(25)18-16(14-8-6-5-7-9-14)17-15(28-19(18)22)12-13(2)23(20(17)24)10-11-26-3/h5-9,12,16H,4,10-11,22H2,1-3H3/t16-/m0/s1. The zero-order valence-electron chi connectivity index (χ0n) is 16.2. The van der Waals surface area contributed by atoms with E-state index >= 15 is 0 Å². The third-order valence-electron chi connectivity index (χ3n) is 4.72. The molecule has 1 aliphatic rings. The number of hydrogen-bond acceptors (Lipinski definition) is 6. The maximum Gasteiger partial charge on any atom is 0.340 e. The third kappa shape index (κ3) is 3.53. The van der Waals surface area contributed by atoms with Crippen LogP contribution in [0.4, 0.5) is 0 Å². The second-order valence-electron chi connectivity index (χ2n) is 6.46. The lowest BCUT2D eigenvalue weighted by Crippen LogP contribution is -2.35. The van der Waals surface area contributed by atoms with Crippen LogP contribution in [0.1, 0.15) is 29.7 Å². The van der Waals surface area contributed by atoms with Crippen LogP contribution in [0, 0.1) is 6.92 Å². The lowest BCUT2D eigenvalue weighted by molar-refractivity contribution is -0.139. The van der Waals surface area contributed by atoms with Crippen LogP contribution >= 0.6 is 0 Å². The molecule has 148 valence electrons. The van der Waals surface area contributed by atoms with Crippen molar-refractivity contribution < 1.29 is 19.0 Å². The lowest BCUT2D eigenvalue weighted by atomic mass is 9.83. The number of nitrogens with zero attached hydrogens (tertiary/aromatic N) is 1. The quantitative estimate of drug-likeness (QED) is 0.767. The van der Waals surface area contributed by atoms with E-state index in [4.69, 9.17) is 19.9 Å². The second-order valence-corrected chi connectivity index (χ2v) is 6.46. The molecule has 0 saturated heterocycles. The molecule has 0 radical (unpaired) electrons. The Kier molecular flexibility index (Phi) is 5.84. The molecule has 2 heterocycles. The minimum Gasteiger partial charge on any atom is -0.462 e. The zero-order valence-corrected chi connectivity index (χ0v) is 16.2. The van der Waals surface area contributed by atoms with E-state index in [1.165, 1.54) is 0 Å². The van der Waals surface area contributed by atoms with Crippen LogP contribution in [-0.4, -0.2) is 30.9 Å². The fraction of sp³-hybridized carbons (Fsp3) is 0.333. The Morgan fingerprint density at radius 3 is 2.64 bits per heavy atom. The van der Waals surface area contributed by atoms with Gasteiger partial charge >= 0.3 is 5.97 Å². The zero-order chi connectivity index (χ0) is 20.3. The van der Waals surface area contributed by atoms with Gasteiger partial charge < -0.3 is 24.5 Å². The van der Waals surface area contributed by atoms with Crippen LogP contribution in [0.15, 0.2) is 52.6 Å². The molecule has 0 unspecified atom stereocenters. The maximum atomic E-state index is 13.4. The molecule has 0 spiro atoms. The highest BCUT2D eigenvalue weighted by Gasteiger charge is 2.38. The molecule has 0 amide bonds. The van der Waals surface area contributed by atoms with E-state index in [-0.39, 0.29) is 23.6 Å². The molecule has 1 aromatic carbocycles. The number of methoxy groups -OCH3 is 1. The molecule has 2 N–H and O–H groups in total. The van der Waals surface area contributed by atoms with Crippen LogP contribution in [0.2, 0.25) is 0 Å². The average Bonchev–Trinajstić information content (AvgIpc) is 2.67. The highest BCUT2D eigenvalue weighted by Crippen LogP contribution is 2.41. The van der Waals surface area contributed by atoms with Gasteiger partial charge in [0, 0.05) is 25.4 Å². The monoisotopic (exact) mass is 384 g/mol. The van der Waals surface area contributed by atoms with Crippen LogP contribution in [0.3, 0.4) is 0 Å². The first-order valence-corrected chi connectivity index (χ1v) is 9.12. The molecular formula is C21H24N2O5. The fourth-order valence-electron chi connectivity index (χ4n) is 3.43. The normalized spacial score (nSPS) is 15.8. The number of aryl methyl sites for hydroxylation is 1. The average molecular weight is 384 g/mol. The van der Waals surface area contributed by atoms with Crippen LogP contribution in [0.25, 0.3) is 0 Å². The molecule has 7 heteroatoms. The molecule has 7 nitrogen and oxygen atoms in total. The van der Waals surface area contributed by atoms with Crippen molar-refractivity contribution in [3.05, 3.63) is 75.0 Å². The van der Waals surface area contributed by atoms with Gasteiger partial charge in [0.2, 0.25) is 5.88 Å². The molecule has 2 aromatic rings. The van der Waals surface area contributed by atoms with Gasteiger partial charge in [-0.15, -0.1) is 0 Å². The minimum absolute atomic E-state index is 0.0479. The second kappa shape index (κ2) is 8.31. The van der Waals surface area contributed by atoms with E-state index in [9.17, 15) is 9.59 Å². The Bertz CT molecular complexity index is 963. The number of hydrogen-bond donors (Lipinski definition) is 1. The predicted octanol–water partition coefficient (Wildman–Crippen LogP) is 2.06. The third-order valence-corrected chi connectivity index (χ3v) is 4.72. The van der Waals surface area contributed by atoms with Crippen LogP contribution < -0.4 is 16.0 Å². The summed E-state index contributed by atoms with van der Waals surface area (Å²) < 4.78 is 17.6. The number of rotatable bonds is 6. The summed E-state index contributed by atoms with van der Waals surface area (Å²) in [5.41, 5.74) is 7.85. The number of esters is 1. The number of aromatic nitrogens is 1. The lowest BCUT2D eigenvalue weighted by Gasteiger charge is -2.29. The minimum atomic E-state index is -0.675. The van der Waals surface area contributed by atoms with Crippen LogP contribution in [0.5, 0.6) is 5.75 Å². The Morgan fingerprint density at radius 1 is 1.29 bits per heavy atom. The smallest absolute Gasteiger partial charge is 0.340 e. The van der Waals surface area contributed by atoms with Crippen molar-refractivity contribution in [3.63, 3.8) is 0 Å². The van der Waals surface area contributed by atoms with Gasteiger partial charge in [0.25, 0.3) is 5.56 Å². The first-order chi connectivity index (χ1) is 13.5. The predicted molar refractivity (Wildman–Crippen MR) is 104 cm³/mol. The Labute approximate surface area is 163 Å². The summed E-state index contributed by atoms with van der Waals surface area (Å²) in [7, 11) is 1.58. The molecule has 1 aromatic heterocycles. The largest absolute Gasteiger partial charge is 0.462 e. The topological polar surface area (TPSA) is 92.8 Å². The van der Waals surface area contributed by atoms with Crippen molar-refractivity contribution in [1.29, 1.82) is 0 Å². The molecule has 1 atom stereocenters. The molecule has 0 saturated carbocycles. The number of nitrogens with two attached hydrogens (primary N) is 1. The summed E-state index contributed by atoms with van der Waals surface area (Å²) >= 11 is 0. The van der Waals surface area contributed by atoms with E-state index in [0.29, 0.717) is 24.5 Å². The van der Waals surface area contributed by atoms with Crippen molar-refractivity contribution in [2.75, 3.05) is 20.3 Å². The summed E-state index contributed by atoms with van der Waals surface area (Å²) in [4.78, 5) is 26.0. The number of carbonyl (C=O) groups is 1. The first kappa shape index (κ1) is 19.7. The highest BCUT2D eigenvalue weighted by atomic mass is 16.5. The molecule has 1 aliphatic heterocycles. The Morgan fingerprint density at radius 2 is 2.00 bits per heavy atom. The van der Waals surface area contributed by atoms with Crippen molar-refractivity contribution in [2.24, 2.45) is 5.73 Å². The Hall–Kier alpha value is -3.06. The first-order valence-electron chi connectivity index (χ1n) is 9.12. The van der Waals surface area contributed by atoms with Crippen molar-refractivity contribution in [1.82, 2.24) is 4.57 Å². The molecule has 28 heavy (non-hydrogen) atoms. The summed E-state index contributed by atoms with van der Waals surface area (Å²) in [6.45, 7) is 4.50. The SMILES string of the molecule is CCOC(=O)C1=C(N)Oc2cc(C)n(CCOC)c(=O)c2[C@@H]1c1ccccc1. The van der Waals surface area contributed by atoms with Gasteiger partial charge in [0.05, 0.1) is 24.7 Å². The van der Waals surface area contributed by atoms with E-state index < -0.39 is 11.9 Å². The number of pyridine rings is 1. The molecule has 0 fully saturated rings. The van der Waals surface area contributed by atoms with E-state index in [2.05, 4.69) is 0 Å².